The molecule has 4 aliphatic carbocycles. The molecule has 4 rings (SSSR count). The summed E-state index contributed by atoms with van der Waals surface area (Å²) < 4.78 is 6.66. The molecule has 0 spiro atoms. The van der Waals surface area contributed by atoms with E-state index in [9.17, 15) is 5.11 Å². The van der Waals surface area contributed by atoms with Crippen LogP contribution in [0.15, 0.2) is 23.3 Å². The summed E-state index contributed by atoms with van der Waals surface area (Å²) in [6.07, 6.45) is 13.4. The van der Waals surface area contributed by atoms with Crippen molar-refractivity contribution in [2.75, 3.05) is 6.61 Å². The Labute approximate surface area is 193 Å². The molecule has 1 N–H and O–H groups in total. The molecule has 31 heavy (non-hydrogen) atoms. The van der Waals surface area contributed by atoms with Crippen molar-refractivity contribution < 1.29 is 9.53 Å². The van der Waals surface area contributed by atoms with Crippen LogP contribution in [0.25, 0.3) is 0 Å². The van der Waals surface area contributed by atoms with E-state index >= 15 is 0 Å². The van der Waals surface area contributed by atoms with Crippen LogP contribution in [0.4, 0.5) is 0 Å². The van der Waals surface area contributed by atoms with Crippen LogP contribution in [-0.4, -0.2) is 26.1 Å². The van der Waals surface area contributed by atoms with Gasteiger partial charge >= 0.3 is 0 Å². The van der Waals surface area contributed by atoms with Gasteiger partial charge in [0.1, 0.15) is 0 Å². The Morgan fingerprint density at radius 1 is 1.06 bits per heavy atom. The van der Waals surface area contributed by atoms with Gasteiger partial charge in [-0.1, -0.05) is 64.8 Å². The highest BCUT2D eigenvalue weighted by Crippen LogP contribution is 2.65. The first-order chi connectivity index (χ1) is 14.3. The van der Waals surface area contributed by atoms with Crippen LogP contribution in [0.2, 0.25) is 18.1 Å². The Hall–Kier alpha value is -0.383. The monoisotopic (exact) mass is 444 g/mol. The third-order valence-electron chi connectivity index (χ3n) is 10.7. The molecule has 4 aliphatic rings. The van der Waals surface area contributed by atoms with Crippen molar-refractivity contribution in [2.45, 2.75) is 111 Å². The van der Waals surface area contributed by atoms with Gasteiger partial charge in [-0.3, -0.25) is 0 Å². The van der Waals surface area contributed by atoms with Crippen molar-refractivity contribution in [1.82, 2.24) is 0 Å². The molecule has 2 nitrogen and oxygen atoms in total. The first kappa shape index (κ1) is 23.8. The number of aliphatic hydroxyl groups is 1. The average molecular weight is 445 g/mol. The fourth-order valence-corrected chi connectivity index (χ4v) is 8.75. The molecule has 0 saturated heterocycles. The van der Waals surface area contributed by atoms with Gasteiger partial charge in [0.2, 0.25) is 0 Å². The number of aliphatic hydroxyl groups excluding tert-OH is 1. The lowest BCUT2D eigenvalue weighted by Gasteiger charge is -2.58. The molecule has 2 saturated carbocycles. The SMILES string of the molecule is C[C@H](CO[Si](C)(C)C(C)(C)C)C1=CC[C@H]2[C@@H]3CC=C4C[C@@H](O)CC[C@]4(C)[C@H]3CC[C@]12C. The van der Waals surface area contributed by atoms with Crippen LogP contribution in [0.5, 0.6) is 0 Å². The van der Waals surface area contributed by atoms with Crippen LogP contribution in [0.3, 0.4) is 0 Å². The van der Waals surface area contributed by atoms with Crippen molar-refractivity contribution in [1.29, 1.82) is 0 Å². The van der Waals surface area contributed by atoms with Gasteiger partial charge in [0.15, 0.2) is 8.32 Å². The Kier molecular flexibility index (Phi) is 6.01. The summed E-state index contributed by atoms with van der Waals surface area (Å²) in [5.41, 5.74) is 3.98. The molecule has 176 valence electrons. The summed E-state index contributed by atoms with van der Waals surface area (Å²) in [5, 5.41) is 10.5. The molecule has 7 atom stereocenters. The highest BCUT2D eigenvalue weighted by atomic mass is 28.4. The van der Waals surface area contributed by atoms with Gasteiger partial charge < -0.3 is 9.53 Å². The predicted molar refractivity (Wildman–Crippen MR) is 133 cm³/mol. The third-order valence-corrected chi connectivity index (χ3v) is 15.3. The Morgan fingerprint density at radius 3 is 2.42 bits per heavy atom. The lowest BCUT2D eigenvalue weighted by Crippen LogP contribution is -2.50. The van der Waals surface area contributed by atoms with E-state index in [-0.39, 0.29) is 11.1 Å². The van der Waals surface area contributed by atoms with Gasteiger partial charge in [-0.2, -0.15) is 0 Å². The van der Waals surface area contributed by atoms with Crippen LogP contribution < -0.4 is 0 Å². The topological polar surface area (TPSA) is 29.5 Å². The first-order valence-corrected chi connectivity index (χ1v) is 15.9. The third kappa shape index (κ3) is 3.85. The van der Waals surface area contributed by atoms with Gasteiger partial charge in [0, 0.05) is 6.61 Å². The zero-order valence-corrected chi connectivity index (χ0v) is 22.6. The lowest BCUT2D eigenvalue weighted by atomic mass is 9.47. The minimum atomic E-state index is -1.71. The average Bonchev–Trinajstić information content (AvgIpc) is 3.03. The summed E-state index contributed by atoms with van der Waals surface area (Å²) >= 11 is 0. The highest BCUT2D eigenvalue weighted by molar-refractivity contribution is 6.74. The smallest absolute Gasteiger partial charge is 0.192 e. The molecule has 0 heterocycles. The molecular weight excluding hydrogens is 396 g/mol. The highest BCUT2D eigenvalue weighted by Gasteiger charge is 2.57. The molecule has 2 fully saturated rings. The number of hydrogen-bond donors (Lipinski definition) is 1. The Morgan fingerprint density at radius 2 is 1.74 bits per heavy atom. The van der Waals surface area contributed by atoms with Gasteiger partial charge in [0.05, 0.1) is 6.10 Å². The van der Waals surface area contributed by atoms with Crippen LogP contribution in [0.1, 0.15) is 86.5 Å². The molecule has 0 aromatic heterocycles. The maximum atomic E-state index is 10.2. The standard InChI is InChI=1S/C28H48O2Si/c1-19(18-30-31(7,8)26(2,3)4)23-11-12-24-22-10-9-20-17-21(29)13-15-27(20,5)25(22)14-16-28(23,24)6/h9,11,19,21-22,24-25,29H,10,12-18H2,1-8H3/t19-,21+,22+,24+,25+,27+,28-/m1/s1. The van der Waals surface area contributed by atoms with E-state index in [2.05, 4.69) is 66.8 Å². The minimum absolute atomic E-state index is 0.105. The Balaban J connectivity index is 1.49. The van der Waals surface area contributed by atoms with E-state index in [1.165, 1.54) is 32.1 Å². The van der Waals surface area contributed by atoms with E-state index in [1.54, 1.807) is 11.1 Å². The summed E-state index contributed by atoms with van der Waals surface area (Å²) in [4.78, 5) is 0. The van der Waals surface area contributed by atoms with Crippen LogP contribution in [0, 0.1) is 34.5 Å². The molecule has 0 aromatic carbocycles. The maximum Gasteiger partial charge on any atom is 0.192 e. The molecule has 3 heteroatoms. The molecular formula is C28H48O2Si. The fourth-order valence-electron chi connectivity index (χ4n) is 7.65. The summed E-state index contributed by atoms with van der Waals surface area (Å²) in [7, 11) is -1.71. The normalized spacial score (nSPS) is 41.6. The fraction of sp³-hybridized carbons (Fsp3) is 0.857. The largest absolute Gasteiger partial charge is 0.416 e. The molecule has 0 radical (unpaired) electrons. The summed E-state index contributed by atoms with van der Waals surface area (Å²) in [5.74, 6) is 2.93. The molecule has 0 aromatic rings. The summed E-state index contributed by atoms with van der Waals surface area (Å²) in [6.45, 7) is 20.2. The molecule has 0 aliphatic heterocycles. The second-order valence-corrected chi connectivity index (χ2v) is 18.3. The number of rotatable bonds is 4. The van der Waals surface area contributed by atoms with E-state index < -0.39 is 8.32 Å². The van der Waals surface area contributed by atoms with E-state index in [0.717, 1.165) is 37.2 Å². The van der Waals surface area contributed by atoms with E-state index in [4.69, 9.17) is 4.43 Å². The number of fused-ring (bicyclic) bond motifs is 5. The Bertz CT molecular complexity index is 759. The minimum Gasteiger partial charge on any atom is -0.416 e. The van der Waals surface area contributed by atoms with Crippen molar-refractivity contribution in [3.8, 4) is 0 Å². The second-order valence-electron chi connectivity index (χ2n) is 13.5. The lowest BCUT2D eigenvalue weighted by molar-refractivity contribution is -0.0321. The van der Waals surface area contributed by atoms with Crippen molar-refractivity contribution in [2.24, 2.45) is 34.5 Å². The predicted octanol–water partition coefficient (Wildman–Crippen LogP) is 7.50. The van der Waals surface area contributed by atoms with E-state index in [0.29, 0.717) is 16.7 Å². The number of allylic oxidation sites excluding steroid dienone is 2. The maximum absolute atomic E-state index is 10.2. The molecule has 0 amide bonds. The summed E-state index contributed by atoms with van der Waals surface area (Å²) in [6, 6.07) is 0. The van der Waals surface area contributed by atoms with Gasteiger partial charge in [0.25, 0.3) is 0 Å². The van der Waals surface area contributed by atoms with Crippen LogP contribution in [-0.2, 0) is 4.43 Å². The quantitative estimate of drug-likeness (QED) is 0.359. The zero-order chi connectivity index (χ0) is 22.8. The second kappa shape index (κ2) is 7.84. The van der Waals surface area contributed by atoms with Crippen molar-refractivity contribution in [3.63, 3.8) is 0 Å². The van der Waals surface area contributed by atoms with Crippen LogP contribution >= 0.6 is 0 Å². The van der Waals surface area contributed by atoms with Crippen molar-refractivity contribution in [3.05, 3.63) is 23.3 Å². The van der Waals surface area contributed by atoms with Gasteiger partial charge in [-0.15, -0.1) is 0 Å². The zero-order valence-electron chi connectivity index (χ0n) is 21.6. The number of hydrogen-bond acceptors (Lipinski definition) is 2. The van der Waals surface area contributed by atoms with E-state index in [1.807, 2.05) is 0 Å². The van der Waals surface area contributed by atoms with Gasteiger partial charge in [-0.25, -0.2) is 0 Å². The van der Waals surface area contributed by atoms with Crippen molar-refractivity contribution >= 4 is 8.32 Å². The molecule has 0 unspecified atom stereocenters. The molecule has 0 bridgehead atoms. The van der Waals surface area contributed by atoms with Gasteiger partial charge in [-0.05, 0) is 97.6 Å². The first-order valence-electron chi connectivity index (χ1n) is 13.0.